The largest absolute Gasteiger partial charge is 0.471 e. The lowest BCUT2D eigenvalue weighted by Crippen LogP contribution is -2.50. The average molecular weight is 489 g/mol. The van der Waals surface area contributed by atoms with Crippen LogP contribution in [-0.2, 0) is 10.9 Å². The van der Waals surface area contributed by atoms with Crippen LogP contribution in [0.15, 0.2) is 11.4 Å². The van der Waals surface area contributed by atoms with E-state index < -0.39 is 41.9 Å². The summed E-state index contributed by atoms with van der Waals surface area (Å²) in [6, 6.07) is 0.719. The summed E-state index contributed by atoms with van der Waals surface area (Å²) in [5.74, 6) is -0.671. The zero-order valence-electron chi connectivity index (χ0n) is 17.9. The van der Waals surface area contributed by atoms with Crippen LogP contribution in [0.25, 0.3) is 10.2 Å². The average Bonchev–Trinajstić information content (AvgIpc) is 3.53. The van der Waals surface area contributed by atoms with E-state index in [-0.39, 0.29) is 41.4 Å². The number of likely N-dealkylation sites (tertiary alicyclic amines) is 1. The number of nitrogens with one attached hydrogen (secondary N) is 1. The van der Waals surface area contributed by atoms with Crippen molar-refractivity contribution in [2.45, 2.75) is 50.7 Å². The second-order valence-electron chi connectivity index (χ2n) is 8.25. The molecule has 0 unspecified atom stereocenters. The van der Waals surface area contributed by atoms with Gasteiger partial charge in [-0.05, 0) is 25.7 Å². The van der Waals surface area contributed by atoms with Gasteiger partial charge in [0.05, 0.1) is 27.9 Å². The first-order valence-corrected chi connectivity index (χ1v) is 11.4. The van der Waals surface area contributed by atoms with Gasteiger partial charge in [0, 0.05) is 31.5 Å². The molecule has 1 saturated heterocycles. The van der Waals surface area contributed by atoms with Crippen LogP contribution in [0.1, 0.15) is 42.1 Å². The van der Waals surface area contributed by atoms with E-state index >= 15 is 0 Å². The summed E-state index contributed by atoms with van der Waals surface area (Å²) >= 11 is 0.750. The Morgan fingerprint density at radius 2 is 2.03 bits per heavy atom. The number of nitrogens with zero attached hydrogens (tertiary/aromatic N) is 2. The Morgan fingerprint density at radius 3 is 2.64 bits per heavy atom. The smallest absolute Gasteiger partial charge is 0.418 e. The van der Waals surface area contributed by atoms with E-state index in [1.165, 1.54) is 17.3 Å². The lowest BCUT2D eigenvalue weighted by atomic mass is 10.1. The minimum Gasteiger partial charge on any atom is -0.471 e. The number of aromatic nitrogens is 1. The highest BCUT2D eigenvalue weighted by Gasteiger charge is 2.39. The molecule has 0 spiro atoms. The number of alkyl halides is 4. The SMILES string of the molecule is CNC(=O)c1csc2c(C(F)(F)F)cc(O[C@@H]3CCN(C(=O)O[C@@H](C)C4CC4)C[C@@H]3F)nc12. The maximum absolute atomic E-state index is 14.8. The number of ether oxygens (including phenoxy) is 2. The highest BCUT2D eigenvalue weighted by molar-refractivity contribution is 7.17. The number of thiophene rings is 1. The number of pyridine rings is 1. The van der Waals surface area contributed by atoms with Crippen molar-refractivity contribution >= 4 is 33.6 Å². The van der Waals surface area contributed by atoms with Crippen LogP contribution in [0.5, 0.6) is 5.88 Å². The van der Waals surface area contributed by atoms with E-state index in [1.54, 1.807) is 6.92 Å². The number of carbonyl (C=O) groups excluding carboxylic acids is 2. The summed E-state index contributed by atoms with van der Waals surface area (Å²) in [6.45, 7) is 1.64. The fourth-order valence-electron chi connectivity index (χ4n) is 3.78. The Morgan fingerprint density at radius 1 is 1.30 bits per heavy atom. The number of hydrogen-bond acceptors (Lipinski definition) is 6. The molecule has 1 saturated carbocycles. The van der Waals surface area contributed by atoms with Gasteiger partial charge in [-0.1, -0.05) is 0 Å². The third-order valence-electron chi connectivity index (χ3n) is 5.86. The second kappa shape index (κ2) is 8.96. The molecular weight excluding hydrogens is 466 g/mol. The van der Waals surface area contributed by atoms with Crippen LogP contribution in [-0.4, -0.2) is 60.4 Å². The van der Waals surface area contributed by atoms with Gasteiger partial charge in [0.25, 0.3) is 5.91 Å². The summed E-state index contributed by atoms with van der Waals surface area (Å²) in [5.41, 5.74) is -1.18. The Labute approximate surface area is 191 Å². The van der Waals surface area contributed by atoms with Crippen LogP contribution < -0.4 is 10.1 Å². The number of fused-ring (bicyclic) bond motifs is 1. The molecule has 0 radical (unpaired) electrons. The summed E-state index contributed by atoms with van der Waals surface area (Å²) < 4.78 is 66.4. The standard InChI is InChI=1S/C21H23F4N3O4S/c1-10(11-3-4-11)31-20(30)28-6-5-15(14(22)8-28)32-16-7-13(21(23,24)25)18-17(27-16)12(9-33-18)19(29)26-2/h7,9-11,14-15H,3-6,8H2,1-2H3,(H,26,29)/t10-,14-,15+/m0/s1. The molecule has 7 nitrogen and oxygen atoms in total. The topological polar surface area (TPSA) is 80.8 Å². The minimum atomic E-state index is -4.72. The summed E-state index contributed by atoms with van der Waals surface area (Å²) in [5, 5.41) is 3.65. The van der Waals surface area contributed by atoms with Gasteiger partial charge in [-0.3, -0.25) is 4.79 Å². The number of amides is 2. The van der Waals surface area contributed by atoms with Crippen molar-refractivity contribution in [3.8, 4) is 5.88 Å². The first kappa shape index (κ1) is 23.5. The van der Waals surface area contributed by atoms with Crippen molar-refractivity contribution in [2.75, 3.05) is 20.1 Å². The highest BCUT2D eigenvalue weighted by atomic mass is 32.1. The molecule has 2 fully saturated rings. The molecule has 33 heavy (non-hydrogen) atoms. The number of piperidine rings is 1. The molecule has 1 aliphatic carbocycles. The van der Waals surface area contributed by atoms with E-state index in [0.29, 0.717) is 5.92 Å². The van der Waals surface area contributed by atoms with Gasteiger partial charge >= 0.3 is 12.3 Å². The van der Waals surface area contributed by atoms with E-state index in [0.717, 1.165) is 30.2 Å². The normalized spacial score (nSPS) is 22.2. The third-order valence-corrected chi connectivity index (χ3v) is 6.86. The quantitative estimate of drug-likeness (QED) is 0.630. The molecule has 1 N–H and O–H groups in total. The highest BCUT2D eigenvalue weighted by Crippen LogP contribution is 2.40. The molecule has 2 amide bonds. The number of halogens is 4. The van der Waals surface area contributed by atoms with Gasteiger partial charge in [0.1, 0.15) is 12.2 Å². The number of rotatable bonds is 5. The van der Waals surface area contributed by atoms with Crippen molar-refractivity contribution < 1.29 is 36.6 Å². The molecule has 0 bridgehead atoms. The summed E-state index contributed by atoms with van der Waals surface area (Å²) in [7, 11) is 1.36. The molecule has 3 heterocycles. The molecule has 2 aromatic heterocycles. The van der Waals surface area contributed by atoms with E-state index in [4.69, 9.17) is 9.47 Å². The van der Waals surface area contributed by atoms with Gasteiger partial charge in [-0.2, -0.15) is 13.2 Å². The van der Waals surface area contributed by atoms with Crippen molar-refractivity contribution in [1.82, 2.24) is 15.2 Å². The fraction of sp³-hybridized carbons (Fsp3) is 0.571. The van der Waals surface area contributed by atoms with Gasteiger partial charge in [-0.25, -0.2) is 14.2 Å². The molecular formula is C21H23F4N3O4S. The van der Waals surface area contributed by atoms with Gasteiger partial charge < -0.3 is 19.7 Å². The zero-order chi connectivity index (χ0) is 23.9. The van der Waals surface area contributed by atoms with Crippen molar-refractivity contribution in [3.05, 3.63) is 22.6 Å². The second-order valence-corrected chi connectivity index (χ2v) is 9.12. The predicted molar refractivity (Wildman–Crippen MR) is 112 cm³/mol. The monoisotopic (exact) mass is 489 g/mol. The van der Waals surface area contributed by atoms with Crippen LogP contribution in [0.3, 0.4) is 0 Å². The Bertz CT molecular complexity index is 1060. The van der Waals surface area contributed by atoms with Gasteiger partial charge in [0.2, 0.25) is 5.88 Å². The van der Waals surface area contributed by atoms with E-state index in [9.17, 15) is 27.2 Å². The summed E-state index contributed by atoms with van der Waals surface area (Å²) in [6.07, 6.45) is -6.24. The van der Waals surface area contributed by atoms with Crippen LogP contribution in [0.2, 0.25) is 0 Å². The van der Waals surface area contributed by atoms with Crippen molar-refractivity contribution in [2.24, 2.45) is 5.92 Å². The molecule has 0 aromatic carbocycles. The Kier molecular flexibility index (Phi) is 6.39. The molecule has 2 aromatic rings. The van der Waals surface area contributed by atoms with Crippen LogP contribution >= 0.6 is 11.3 Å². The van der Waals surface area contributed by atoms with Gasteiger partial charge in [0.15, 0.2) is 6.17 Å². The lowest BCUT2D eigenvalue weighted by molar-refractivity contribution is -0.136. The Balaban J connectivity index is 1.51. The van der Waals surface area contributed by atoms with Gasteiger partial charge in [-0.15, -0.1) is 11.3 Å². The first-order chi connectivity index (χ1) is 15.6. The van der Waals surface area contributed by atoms with E-state index in [1.807, 2.05) is 0 Å². The zero-order valence-corrected chi connectivity index (χ0v) is 18.8. The van der Waals surface area contributed by atoms with Crippen LogP contribution in [0.4, 0.5) is 22.4 Å². The van der Waals surface area contributed by atoms with Crippen molar-refractivity contribution in [1.29, 1.82) is 0 Å². The molecule has 3 atom stereocenters. The third kappa shape index (κ3) is 4.99. The molecule has 12 heteroatoms. The molecule has 180 valence electrons. The number of carbonyl (C=O) groups is 2. The molecule has 1 aliphatic heterocycles. The Hall–Kier alpha value is -2.63. The molecule has 4 rings (SSSR count). The maximum Gasteiger partial charge on any atom is 0.418 e. The van der Waals surface area contributed by atoms with E-state index in [2.05, 4.69) is 10.3 Å². The predicted octanol–water partition coefficient (Wildman–Crippen LogP) is 4.40. The first-order valence-electron chi connectivity index (χ1n) is 10.6. The fourth-order valence-corrected chi connectivity index (χ4v) is 4.81. The minimum absolute atomic E-state index is 0.0207. The number of hydrogen-bond donors (Lipinski definition) is 1. The summed E-state index contributed by atoms with van der Waals surface area (Å²) in [4.78, 5) is 29.6. The molecule has 2 aliphatic rings. The lowest BCUT2D eigenvalue weighted by Gasteiger charge is -2.34. The maximum atomic E-state index is 14.8. The van der Waals surface area contributed by atoms with Crippen molar-refractivity contribution in [3.63, 3.8) is 0 Å². The van der Waals surface area contributed by atoms with Crippen LogP contribution in [0, 0.1) is 5.92 Å².